The summed E-state index contributed by atoms with van der Waals surface area (Å²) in [6.07, 6.45) is 3.25. The van der Waals surface area contributed by atoms with Crippen LogP contribution in [0.3, 0.4) is 0 Å². The van der Waals surface area contributed by atoms with Crippen LogP contribution in [0.15, 0.2) is 53.4 Å². The number of hydrogen-bond donors (Lipinski definition) is 1. The summed E-state index contributed by atoms with van der Waals surface area (Å²) in [6, 6.07) is 10.3. The molecule has 0 saturated carbocycles. The third kappa shape index (κ3) is 5.40. The Balaban J connectivity index is 1.98. The van der Waals surface area contributed by atoms with E-state index < -0.39 is 21.7 Å². The van der Waals surface area contributed by atoms with Gasteiger partial charge in [-0.2, -0.15) is 0 Å². The number of rotatable bonds is 9. The number of benzene rings is 3. The fourth-order valence-electron chi connectivity index (χ4n) is 3.20. The maximum Gasteiger partial charge on any atom is 0.262 e. The van der Waals surface area contributed by atoms with Gasteiger partial charge in [0.2, 0.25) is 5.75 Å². The van der Waals surface area contributed by atoms with Gasteiger partial charge in [0.15, 0.2) is 23.1 Å². The first-order chi connectivity index (χ1) is 16.2. The highest BCUT2D eigenvalue weighted by Gasteiger charge is 2.19. The molecule has 0 fully saturated rings. The lowest BCUT2D eigenvalue weighted by Crippen LogP contribution is -2.14. The van der Waals surface area contributed by atoms with E-state index in [-0.39, 0.29) is 16.3 Å². The van der Waals surface area contributed by atoms with Crippen molar-refractivity contribution in [2.24, 2.45) is 0 Å². The second-order valence-electron chi connectivity index (χ2n) is 6.93. The maximum absolute atomic E-state index is 14.7. The van der Waals surface area contributed by atoms with Gasteiger partial charge < -0.3 is 18.9 Å². The lowest BCUT2D eigenvalue weighted by molar-refractivity contribution is 0.324. The fourth-order valence-corrected chi connectivity index (χ4v) is 4.25. The van der Waals surface area contributed by atoms with Crippen LogP contribution < -0.4 is 23.7 Å². The molecule has 180 valence electrons. The summed E-state index contributed by atoms with van der Waals surface area (Å²) < 4.78 is 76.6. The van der Waals surface area contributed by atoms with Gasteiger partial charge in [-0.3, -0.25) is 4.72 Å². The molecular weight excluding hydrogens is 468 g/mol. The number of nitrogens with one attached hydrogen (secondary N) is 1. The Hall–Kier alpha value is -3.79. The van der Waals surface area contributed by atoms with Gasteiger partial charge in [0.25, 0.3) is 10.0 Å². The fraction of sp³-hybridized carbons (Fsp3) is 0.167. The standard InChI is InChI=1S/C24H23F2NO6S/c1-30-21-13-16(14-22(31-2)24(21)33-4)6-5-15-11-19(26)23(32-3)20(12-15)27-34(28,29)18-9-7-17(25)8-10-18/h5-14,27H,1-4H3/b6-5-. The Morgan fingerprint density at radius 1 is 0.735 bits per heavy atom. The monoisotopic (exact) mass is 491 g/mol. The normalized spacial score (nSPS) is 11.4. The molecule has 0 amide bonds. The molecule has 0 aliphatic rings. The van der Waals surface area contributed by atoms with Gasteiger partial charge in [-0.1, -0.05) is 12.2 Å². The largest absolute Gasteiger partial charge is 0.493 e. The summed E-state index contributed by atoms with van der Waals surface area (Å²) in [5, 5.41) is 0. The van der Waals surface area contributed by atoms with Gasteiger partial charge in [0, 0.05) is 0 Å². The SMILES string of the molecule is COc1cc(/C=C\c2cc(F)c(OC)c(NS(=O)(=O)c3ccc(F)cc3)c2)cc(OC)c1OC. The zero-order chi connectivity index (χ0) is 24.9. The maximum atomic E-state index is 14.7. The molecule has 10 heteroatoms. The minimum Gasteiger partial charge on any atom is -0.493 e. The first-order valence-electron chi connectivity index (χ1n) is 9.86. The minimum atomic E-state index is -4.12. The highest BCUT2D eigenvalue weighted by atomic mass is 32.2. The van der Waals surface area contributed by atoms with Crippen molar-refractivity contribution < 1.29 is 36.1 Å². The summed E-state index contributed by atoms with van der Waals surface area (Å²) in [7, 11) is 1.57. The lowest BCUT2D eigenvalue weighted by Gasteiger charge is -2.14. The molecule has 7 nitrogen and oxygen atoms in total. The van der Waals surface area contributed by atoms with Crippen molar-refractivity contribution in [3.8, 4) is 23.0 Å². The van der Waals surface area contributed by atoms with Crippen LogP contribution in [0.25, 0.3) is 12.2 Å². The van der Waals surface area contributed by atoms with Crippen LogP contribution in [0.2, 0.25) is 0 Å². The molecule has 0 bridgehead atoms. The Labute approximate surface area is 196 Å². The van der Waals surface area contributed by atoms with E-state index in [9.17, 15) is 17.2 Å². The highest BCUT2D eigenvalue weighted by molar-refractivity contribution is 7.92. The summed E-state index contributed by atoms with van der Waals surface area (Å²) in [5.74, 6) is -0.330. The number of sulfonamides is 1. The van der Waals surface area contributed by atoms with E-state index in [0.717, 1.165) is 24.3 Å². The van der Waals surface area contributed by atoms with Crippen molar-refractivity contribution in [3.63, 3.8) is 0 Å². The van der Waals surface area contributed by atoms with Crippen molar-refractivity contribution in [2.75, 3.05) is 33.2 Å². The van der Waals surface area contributed by atoms with Gasteiger partial charge in [-0.05, 0) is 59.7 Å². The van der Waals surface area contributed by atoms with Crippen molar-refractivity contribution >= 4 is 27.9 Å². The van der Waals surface area contributed by atoms with Crippen LogP contribution in [0.4, 0.5) is 14.5 Å². The molecule has 0 radical (unpaired) electrons. The number of methoxy groups -OCH3 is 4. The predicted octanol–water partition coefficient (Wildman–Crippen LogP) is 4.97. The summed E-state index contributed by atoms with van der Waals surface area (Å²) in [4.78, 5) is -0.185. The molecule has 3 aromatic carbocycles. The van der Waals surface area contributed by atoms with Gasteiger partial charge >= 0.3 is 0 Å². The number of hydrogen-bond acceptors (Lipinski definition) is 6. The zero-order valence-corrected chi connectivity index (χ0v) is 19.7. The Morgan fingerprint density at radius 2 is 1.26 bits per heavy atom. The van der Waals surface area contributed by atoms with E-state index >= 15 is 0 Å². The van der Waals surface area contributed by atoms with Crippen molar-refractivity contribution in [2.45, 2.75) is 4.90 Å². The Morgan fingerprint density at radius 3 is 1.76 bits per heavy atom. The van der Waals surface area contributed by atoms with Crippen LogP contribution in [-0.2, 0) is 10.0 Å². The Bertz CT molecular complexity index is 1280. The van der Waals surface area contributed by atoms with Gasteiger partial charge in [-0.25, -0.2) is 17.2 Å². The molecule has 0 spiro atoms. The summed E-state index contributed by atoms with van der Waals surface area (Å²) in [5.41, 5.74) is 0.902. The van der Waals surface area contributed by atoms with E-state index in [4.69, 9.17) is 18.9 Å². The van der Waals surface area contributed by atoms with Crippen molar-refractivity contribution in [1.82, 2.24) is 0 Å². The molecule has 34 heavy (non-hydrogen) atoms. The number of ether oxygens (including phenoxy) is 4. The van der Waals surface area contributed by atoms with E-state index in [1.165, 1.54) is 40.6 Å². The summed E-state index contributed by atoms with van der Waals surface area (Å²) in [6.45, 7) is 0. The summed E-state index contributed by atoms with van der Waals surface area (Å²) >= 11 is 0. The number of halogens is 2. The van der Waals surface area contributed by atoms with Gasteiger partial charge in [0.1, 0.15) is 5.82 Å². The topological polar surface area (TPSA) is 83.1 Å². The van der Waals surface area contributed by atoms with Crippen LogP contribution in [-0.4, -0.2) is 36.9 Å². The number of anilines is 1. The molecule has 0 saturated heterocycles. The highest BCUT2D eigenvalue weighted by Crippen LogP contribution is 2.39. The molecule has 0 aliphatic heterocycles. The molecule has 0 aromatic heterocycles. The molecule has 3 rings (SSSR count). The molecule has 3 aromatic rings. The van der Waals surface area contributed by atoms with Gasteiger partial charge in [-0.15, -0.1) is 0 Å². The quantitative estimate of drug-likeness (QED) is 0.426. The van der Waals surface area contributed by atoms with Crippen molar-refractivity contribution in [3.05, 3.63) is 71.3 Å². The molecular formula is C24H23F2NO6S. The second kappa shape index (κ2) is 10.4. The first kappa shape index (κ1) is 24.8. The molecule has 0 unspecified atom stereocenters. The first-order valence-corrected chi connectivity index (χ1v) is 11.3. The second-order valence-corrected chi connectivity index (χ2v) is 8.62. The predicted molar refractivity (Wildman–Crippen MR) is 125 cm³/mol. The Kier molecular flexibility index (Phi) is 7.62. The van der Waals surface area contributed by atoms with E-state index in [0.29, 0.717) is 28.4 Å². The van der Waals surface area contributed by atoms with Crippen LogP contribution >= 0.6 is 0 Å². The molecule has 0 aliphatic carbocycles. The zero-order valence-electron chi connectivity index (χ0n) is 18.9. The van der Waals surface area contributed by atoms with Crippen LogP contribution in [0.5, 0.6) is 23.0 Å². The molecule has 0 heterocycles. The van der Waals surface area contributed by atoms with E-state index in [2.05, 4.69) is 4.72 Å². The third-order valence-electron chi connectivity index (χ3n) is 4.79. The third-order valence-corrected chi connectivity index (χ3v) is 6.18. The molecule has 1 N–H and O–H groups in total. The smallest absolute Gasteiger partial charge is 0.262 e. The van der Waals surface area contributed by atoms with E-state index in [1.54, 1.807) is 24.3 Å². The molecule has 0 atom stereocenters. The van der Waals surface area contributed by atoms with E-state index in [1.807, 2.05) is 0 Å². The minimum absolute atomic E-state index is 0.114. The average Bonchev–Trinajstić information content (AvgIpc) is 2.81. The van der Waals surface area contributed by atoms with Crippen LogP contribution in [0.1, 0.15) is 11.1 Å². The van der Waals surface area contributed by atoms with Crippen LogP contribution in [0, 0.1) is 11.6 Å². The van der Waals surface area contributed by atoms with Crippen molar-refractivity contribution in [1.29, 1.82) is 0 Å². The lowest BCUT2D eigenvalue weighted by atomic mass is 10.1. The average molecular weight is 492 g/mol. The van der Waals surface area contributed by atoms with Gasteiger partial charge in [0.05, 0.1) is 39.0 Å².